The van der Waals surface area contributed by atoms with Crippen LogP contribution >= 0.6 is 15.9 Å². The van der Waals surface area contributed by atoms with Gasteiger partial charge in [-0.15, -0.1) is 0 Å². The molecule has 6 heteroatoms. The number of oxime groups is 1. The second kappa shape index (κ2) is 6.74. The lowest BCUT2D eigenvalue weighted by Gasteiger charge is -2.21. The van der Waals surface area contributed by atoms with E-state index < -0.39 is 0 Å². The smallest absolute Gasteiger partial charge is 0.227 e. The fourth-order valence-corrected chi connectivity index (χ4v) is 2.86. The van der Waals surface area contributed by atoms with E-state index in [0.29, 0.717) is 11.3 Å². The van der Waals surface area contributed by atoms with Crippen LogP contribution in [0.1, 0.15) is 37.7 Å². The molecule has 0 atom stereocenters. The molecule has 108 valence electrons. The summed E-state index contributed by atoms with van der Waals surface area (Å²) in [6, 6.07) is 5.24. The van der Waals surface area contributed by atoms with Crippen LogP contribution < -0.4 is 11.1 Å². The molecule has 1 aliphatic rings. The van der Waals surface area contributed by atoms with Crippen molar-refractivity contribution in [3.63, 3.8) is 0 Å². The van der Waals surface area contributed by atoms with Gasteiger partial charge in [-0.05, 0) is 31.0 Å². The largest absolute Gasteiger partial charge is 0.409 e. The van der Waals surface area contributed by atoms with Crippen molar-refractivity contribution in [1.29, 1.82) is 0 Å². The van der Waals surface area contributed by atoms with Crippen molar-refractivity contribution in [2.45, 2.75) is 32.1 Å². The van der Waals surface area contributed by atoms with E-state index in [1.54, 1.807) is 18.2 Å². The fraction of sp³-hybridized carbons (Fsp3) is 0.429. The lowest BCUT2D eigenvalue weighted by molar-refractivity contribution is -0.120. The highest BCUT2D eigenvalue weighted by atomic mass is 79.9. The van der Waals surface area contributed by atoms with E-state index in [0.717, 1.165) is 30.2 Å². The first-order valence-corrected chi connectivity index (χ1v) is 7.49. The molecule has 1 aromatic rings. The molecule has 0 aliphatic heterocycles. The summed E-state index contributed by atoms with van der Waals surface area (Å²) in [6.07, 6.45) is 5.26. The molecule has 0 saturated heterocycles. The van der Waals surface area contributed by atoms with Crippen molar-refractivity contribution in [1.82, 2.24) is 0 Å². The molecule has 1 amide bonds. The zero-order valence-corrected chi connectivity index (χ0v) is 12.7. The molecule has 20 heavy (non-hydrogen) atoms. The van der Waals surface area contributed by atoms with Crippen molar-refractivity contribution in [3.8, 4) is 0 Å². The predicted molar refractivity (Wildman–Crippen MR) is 81.9 cm³/mol. The zero-order valence-electron chi connectivity index (χ0n) is 11.1. The quantitative estimate of drug-likeness (QED) is 0.342. The first-order chi connectivity index (χ1) is 9.61. The summed E-state index contributed by atoms with van der Waals surface area (Å²) >= 11 is 3.36. The summed E-state index contributed by atoms with van der Waals surface area (Å²) in [4.78, 5) is 12.3. The van der Waals surface area contributed by atoms with Crippen LogP contribution in [0.2, 0.25) is 0 Å². The van der Waals surface area contributed by atoms with Crippen LogP contribution in [0.15, 0.2) is 27.8 Å². The molecule has 1 aromatic carbocycles. The molecule has 1 aliphatic carbocycles. The van der Waals surface area contributed by atoms with Crippen LogP contribution in [0.25, 0.3) is 0 Å². The van der Waals surface area contributed by atoms with E-state index in [2.05, 4.69) is 26.4 Å². The minimum atomic E-state index is -0.0172. The van der Waals surface area contributed by atoms with Crippen LogP contribution in [0.4, 0.5) is 5.69 Å². The van der Waals surface area contributed by atoms with Gasteiger partial charge in [-0.25, -0.2) is 0 Å². The number of hydrogen-bond acceptors (Lipinski definition) is 3. The lowest BCUT2D eigenvalue weighted by atomic mass is 9.88. The van der Waals surface area contributed by atoms with Crippen LogP contribution in [0, 0.1) is 5.92 Å². The number of nitrogens with one attached hydrogen (secondary N) is 1. The van der Waals surface area contributed by atoms with E-state index in [1.165, 1.54) is 6.42 Å². The van der Waals surface area contributed by atoms with E-state index in [4.69, 9.17) is 10.9 Å². The molecular weight excluding hydrogens is 322 g/mol. The van der Waals surface area contributed by atoms with Crippen LogP contribution in [-0.2, 0) is 4.79 Å². The van der Waals surface area contributed by atoms with Crippen molar-refractivity contribution in [2.24, 2.45) is 16.8 Å². The second-order valence-corrected chi connectivity index (χ2v) is 5.92. The fourth-order valence-electron chi connectivity index (χ4n) is 2.50. The Hall–Kier alpha value is -1.56. The summed E-state index contributed by atoms with van der Waals surface area (Å²) in [5.41, 5.74) is 6.71. The van der Waals surface area contributed by atoms with E-state index in [9.17, 15) is 4.79 Å². The van der Waals surface area contributed by atoms with Gasteiger partial charge in [0.25, 0.3) is 0 Å². The number of benzene rings is 1. The van der Waals surface area contributed by atoms with Gasteiger partial charge in [0, 0.05) is 16.0 Å². The number of carbonyl (C=O) groups is 1. The van der Waals surface area contributed by atoms with Gasteiger partial charge < -0.3 is 16.3 Å². The van der Waals surface area contributed by atoms with Crippen LogP contribution in [0.3, 0.4) is 0 Å². The molecular formula is C14H18BrN3O2. The highest BCUT2D eigenvalue weighted by molar-refractivity contribution is 9.10. The molecule has 0 unspecified atom stereocenters. The molecule has 1 fully saturated rings. The molecule has 0 heterocycles. The van der Waals surface area contributed by atoms with Gasteiger partial charge in [-0.3, -0.25) is 4.79 Å². The minimum absolute atomic E-state index is 0.00906. The maximum atomic E-state index is 12.3. The van der Waals surface area contributed by atoms with Crippen molar-refractivity contribution in [3.05, 3.63) is 28.2 Å². The Morgan fingerprint density at radius 3 is 2.70 bits per heavy atom. The van der Waals surface area contributed by atoms with Gasteiger partial charge in [-0.1, -0.05) is 40.3 Å². The van der Waals surface area contributed by atoms with Gasteiger partial charge in [0.05, 0.1) is 5.69 Å². The lowest BCUT2D eigenvalue weighted by Crippen LogP contribution is -2.26. The average Bonchev–Trinajstić information content (AvgIpc) is 2.47. The van der Waals surface area contributed by atoms with E-state index in [1.807, 2.05) is 0 Å². The van der Waals surface area contributed by atoms with Gasteiger partial charge in [0.1, 0.15) is 0 Å². The minimum Gasteiger partial charge on any atom is -0.409 e. The first-order valence-electron chi connectivity index (χ1n) is 6.70. The maximum Gasteiger partial charge on any atom is 0.227 e. The normalized spacial score (nSPS) is 16.9. The highest BCUT2D eigenvalue weighted by Crippen LogP contribution is 2.27. The number of amidine groups is 1. The summed E-state index contributed by atoms with van der Waals surface area (Å²) in [5, 5.41) is 14.7. The van der Waals surface area contributed by atoms with E-state index >= 15 is 0 Å². The number of halogens is 1. The third-order valence-electron chi connectivity index (χ3n) is 3.60. The molecule has 0 aromatic heterocycles. The average molecular weight is 340 g/mol. The van der Waals surface area contributed by atoms with Crippen LogP contribution in [0.5, 0.6) is 0 Å². The summed E-state index contributed by atoms with van der Waals surface area (Å²) in [7, 11) is 0. The van der Waals surface area contributed by atoms with Crippen molar-refractivity contribution >= 4 is 33.4 Å². The van der Waals surface area contributed by atoms with Crippen LogP contribution in [-0.4, -0.2) is 17.0 Å². The SMILES string of the molecule is N/C(=N/O)c1ccc(Br)cc1NC(=O)C1CCCCC1. The Morgan fingerprint density at radius 1 is 1.35 bits per heavy atom. The maximum absolute atomic E-state index is 12.3. The Bertz CT molecular complexity index is 525. The molecule has 2 rings (SSSR count). The molecule has 0 radical (unpaired) electrons. The number of nitrogens with two attached hydrogens (primary N) is 1. The Morgan fingerprint density at radius 2 is 2.05 bits per heavy atom. The zero-order chi connectivity index (χ0) is 14.5. The second-order valence-electron chi connectivity index (χ2n) is 5.00. The molecule has 0 spiro atoms. The third kappa shape index (κ3) is 3.50. The van der Waals surface area contributed by atoms with Crippen molar-refractivity contribution in [2.75, 3.05) is 5.32 Å². The number of hydrogen-bond donors (Lipinski definition) is 3. The van der Waals surface area contributed by atoms with Gasteiger partial charge >= 0.3 is 0 Å². The number of anilines is 1. The molecule has 4 N–H and O–H groups in total. The van der Waals surface area contributed by atoms with Gasteiger partial charge in [0.15, 0.2) is 5.84 Å². The first kappa shape index (κ1) is 14.8. The predicted octanol–water partition coefficient (Wildman–Crippen LogP) is 3.06. The van der Waals surface area contributed by atoms with Gasteiger partial charge in [-0.2, -0.15) is 0 Å². The highest BCUT2D eigenvalue weighted by Gasteiger charge is 2.22. The summed E-state index contributed by atoms with van der Waals surface area (Å²) in [5.74, 6) is 0.0501. The Labute approximate surface area is 126 Å². The molecule has 5 nitrogen and oxygen atoms in total. The molecule has 0 bridgehead atoms. The number of amides is 1. The number of carbonyl (C=O) groups excluding carboxylic acids is 1. The van der Waals surface area contributed by atoms with Gasteiger partial charge in [0.2, 0.25) is 5.91 Å². The topological polar surface area (TPSA) is 87.7 Å². The van der Waals surface area contributed by atoms with Crippen molar-refractivity contribution < 1.29 is 10.0 Å². The monoisotopic (exact) mass is 339 g/mol. The number of nitrogens with zero attached hydrogens (tertiary/aromatic N) is 1. The third-order valence-corrected chi connectivity index (χ3v) is 4.09. The molecule has 1 saturated carbocycles. The standard InChI is InChI=1S/C14H18BrN3O2/c15-10-6-7-11(13(16)18-20)12(8-10)17-14(19)9-4-2-1-3-5-9/h6-9,20H,1-5H2,(H2,16,18)(H,17,19). The Kier molecular flexibility index (Phi) is 5.00. The number of rotatable bonds is 3. The van der Waals surface area contributed by atoms with E-state index in [-0.39, 0.29) is 17.7 Å². The summed E-state index contributed by atoms with van der Waals surface area (Å²) in [6.45, 7) is 0. The summed E-state index contributed by atoms with van der Waals surface area (Å²) < 4.78 is 0.825. The Balaban J connectivity index is 2.19.